The van der Waals surface area contributed by atoms with Crippen molar-refractivity contribution >= 4 is 11.6 Å². The van der Waals surface area contributed by atoms with Crippen LogP contribution >= 0.6 is 11.6 Å². The first kappa shape index (κ1) is 14.5. The van der Waals surface area contributed by atoms with Crippen molar-refractivity contribution < 1.29 is 0 Å². The molecule has 1 N–H and O–H groups in total. The Bertz CT molecular complexity index is 597. The van der Waals surface area contributed by atoms with Crippen LogP contribution in [-0.2, 0) is 6.54 Å². The van der Waals surface area contributed by atoms with Crippen molar-refractivity contribution in [2.24, 2.45) is 0 Å². The van der Waals surface area contributed by atoms with Gasteiger partial charge in [0.25, 0.3) is 0 Å². The molecule has 0 radical (unpaired) electrons. The maximum absolute atomic E-state index is 6.14. The molecule has 110 valence electrons. The fourth-order valence-corrected chi connectivity index (χ4v) is 3.00. The Morgan fingerprint density at radius 1 is 1.33 bits per heavy atom. The number of piperazine rings is 1. The van der Waals surface area contributed by atoms with E-state index in [9.17, 15) is 0 Å². The van der Waals surface area contributed by atoms with Crippen LogP contribution in [0.25, 0.3) is 0 Å². The van der Waals surface area contributed by atoms with Gasteiger partial charge in [-0.25, -0.2) is 0 Å². The first-order valence-electron chi connectivity index (χ1n) is 7.34. The van der Waals surface area contributed by atoms with Gasteiger partial charge < -0.3 is 5.32 Å². The van der Waals surface area contributed by atoms with Gasteiger partial charge in [0.05, 0.1) is 0 Å². The van der Waals surface area contributed by atoms with E-state index >= 15 is 0 Å². The molecule has 1 aliphatic rings. The number of hydrogen-bond acceptors (Lipinski definition) is 3. The minimum absolute atomic E-state index is 0.360. The SMILES string of the molecule is Cc1ccc(CN2CCNCC2c2cccc(Cl)c2)cn1. The van der Waals surface area contributed by atoms with Crippen LogP contribution in [-0.4, -0.2) is 29.5 Å². The van der Waals surface area contributed by atoms with Crippen LogP contribution in [0.4, 0.5) is 0 Å². The molecule has 0 saturated carbocycles. The Balaban J connectivity index is 1.79. The quantitative estimate of drug-likeness (QED) is 0.944. The fourth-order valence-electron chi connectivity index (χ4n) is 2.80. The first-order chi connectivity index (χ1) is 10.2. The molecule has 3 nitrogen and oxygen atoms in total. The Morgan fingerprint density at radius 2 is 2.24 bits per heavy atom. The monoisotopic (exact) mass is 301 g/mol. The van der Waals surface area contributed by atoms with E-state index in [0.29, 0.717) is 6.04 Å². The molecule has 0 amide bonds. The molecule has 3 rings (SSSR count). The summed E-state index contributed by atoms with van der Waals surface area (Å²) in [5.74, 6) is 0. The van der Waals surface area contributed by atoms with Crippen molar-refractivity contribution in [3.8, 4) is 0 Å². The van der Waals surface area contributed by atoms with Crippen LogP contribution < -0.4 is 5.32 Å². The molecule has 1 aromatic heterocycles. The molecule has 1 aromatic carbocycles. The Morgan fingerprint density at radius 3 is 3.00 bits per heavy atom. The van der Waals surface area contributed by atoms with Crippen LogP contribution in [0.5, 0.6) is 0 Å². The molecule has 2 aromatic rings. The van der Waals surface area contributed by atoms with E-state index in [2.05, 4.69) is 39.5 Å². The van der Waals surface area contributed by atoms with Crippen LogP contribution in [0.2, 0.25) is 5.02 Å². The minimum Gasteiger partial charge on any atom is -0.314 e. The maximum Gasteiger partial charge on any atom is 0.0477 e. The van der Waals surface area contributed by atoms with Gasteiger partial charge in [-0.1, -0.05) is 29.8 Å². The molecular weight excluding hydrogens is 282 g/mol. The summed E-state index contributed by atoms with van der Waals surface area (Å²) in [6.45, 7) is 5.95. The third-order valence-electron chi connectivity index (χ3n) is 3.95. The topological polar surface area (TPSA) is 28.2 Å². The average Bonchev–Trinajstić information content (AvgIpc) is 2.50. The number of nitrogens with one attached hydrogen (secondary N) is 1. The number of rotatable bonds is 3. The van der Waals surface area contributed by atoms with Crippen molar-refractivity contribution in [1.82, 2.24) is 15.2 Å². The molecule has 1 fully saturated rings. The third-order valence-corrected chi connectivity index (χ3v) is 4.18. The normalized spacial score (nSPS) is 19.6. The lowest BCUT2D eigenvalue weighted by Gasteiger charge is -2.36. The zero-order valence-electron chi connectivity index (χ0n) is 12.2. The van der Waals surface area contributed by atoms with Crippen molar-refractivity contribution in [2.75, 3.05) is 19.6 Å². The zero-order valence-corrected chi connectivity index (χ0v) is 13.0. The lowest BCUT2D eigenvalue weighted by molar-refractivity contribution is 0.153. The summed E-state index contributed by atoms with van der Waals surface area (Å²) in [6.07, 6.45) is 1.98. The zero-order chi connectivity index (χ0) is 14.7. The highest BCUT2D eigenvalue weighted by molar-refractivity contribution is 6.30. The summed E-state index contributed by atoms with van der Waals surface area (Å²) >= 11 is 6.14. The fraction of sp³-hybridized carbons (Fsp3) is 0.353. The van der Waals surface area contributed by atoms with Gasteiger partial charge in [-0.05, 0) is 36.2 Å². The number of aromatic nitrogens is 1. The van der Waals surface area contributed by atoms with Crippen LogP contribution in [0.1, 0.15) is 22.9 Å². The van der Waals surface area contributed by atoms with Crippen LogP contribution in [0.15, 0.2) is 42.6 Å². The highest BCUT2D eigenvalue weighted by Crippen LogP contribution is 2.26. The number of pyridine rings is 1. The van der Waals surface area contributed by atoms with Crippen molar-refractivity contribution in [3.05, 3.63) is 64.4 Å². The van der Waals surface area contributed by atoms with Crippen molar-refractivity contribution in [2.45, 2.75) is 19.5 Å². The second-order valence-electron chi connectivity index (χ2n) is 5.55. The second kappa shape index (κ2) is 6.56. The number of halogens is 1. The highest BCUT2D eigenvalue weighted by Gasteiger charge is 2.23. The van der Waals surface area contributed by atoms with Gasteiger partial charge in [-0.15, -0.1) is 0 Å². The predicted octanol–water partition coefficient (Wildman–Crippen LogP) is 3.19. The molecule has 0 spiro atoms. The van der Waals surface area contributed by atoms with Crippen molar-refractivity contribution in [3.63, 3.8) is 0 Å². The molecule has 1 atom stereocenters. The van der Waals surface area contributed by atoms with E-state index in [1.807, 2.05) is 25.3 Å². The van der Waals surface area contributed by atoms with E-state index in [-0.39, 0.29) is 0 Å². The molecular formula is C17H20ClN3. The maximum atomic E-state index is 6.14. The molecule has 21 heavy (non-hydrogen) atoms. The smallest absolute Gasteiger partial charge is 0.0477 e. The van der Waals surface area contributed by atoms with Gasteiger partial charge in [0.2, 0.25) is 0 Å². The van der Waals surface area contributed by atoms with E-state index in [1.165, 1.54) is 11.1 Å². The average molecular weight is 302 g/mol. The molecule has 1 unspecified atom stereocenters. The highest BCUT2D eigenvalue weighted by atomic mass is 35.5. The van der Waals surface area contributed by atoms with E-state index < -0.39 is 0 Å². The van der Waals surface area contributed by atoms with Crippen LogP contribution in [0, 0.1) is 6.92 Å². The Hall–Kier alpha value is -1.42. The van der Waals surface area contributed by atoms with Gasteiger partial charge >= 0.3 is 0 Å². The van der Waals surface area contributed by atoms with E-state index in [4.69, 9.17) is 11.6 Å². The molecule has 1 saturated heterocycles. The summed E-state index contributed by atoms with van der Waals surface area (Å²) in [5.41, 5.74) is 3.59. The summed E-state index contributed by atoms with van der Waals surface area (Å²) in [5, 5.41) is 4.28. The molecule has 0 bridgehead atoms. The molecule has 2 heterocycles. The number of benzene rings is 1. The summed E-state index contributed by atoms with van der Waals surface area (Å²) in [4.78, 5) is 6.89. The summed E-state index contributed by atoms with van der Waals surface area (Å²) in [7, 11) is 0. The van der Waals surface area contributed by atoms with E-state index in [1.54, 1.807) is 0 Å². The Labute approximate surface area is 131 Å². The minimum atomic E-state index is 0.360. The summed E-state index contributed by atoms with van der Waals surface area (Å²) < 4.78 is 0. The molecule has 4 heteroatoms. The number of aryl methyl sites for hydroxylation is 1. The second-order valence-corrected chi connectivity index (χ2v) is 5.99. The standard InChI is InChI=1S/C17H20ClN3/c1-13-5-6-14(10-20-13)12-21-8-7-19-11-17(21)15-3-2-4-16(18)9-15/h2-6,9-10,17,19H,7-8,11-12H2,1H3. The number of hydrogen-bond donors (Lipinski definition) is 1. The molecule has 0 aliphatic carbocycles. The van der Waals surface area contributed by atoms with Gasteiger partial charge in [-0.2, -0.15) is 0 Å². The van der Waals surface area contributed by atoms with Gasteiger partial charge in [-0.3, -0.25) is 9.88 Å². The van der Waals surface area contributed by atoms with Gasteiger partial charge in [0.1, 0.15) is 0 Å². The lowest BCUT2D eigenvalue weighted by Crippen LogP contribution is -2.45. The van der Waals surface area contributed by atoms with E-state index in [0.717, 1.165) is 36.9 Å². The van der Waals surface area contributed by atoms with Gasteiger partial charge in [0.15, 0.2) is 0 Å². The van der Waals surface area contributed by atoms with Crippen LogP contribution in [0.3, 0.4) is 0 Å². The Kier molecular flexibility index (Phi) is 4.54. The summed E-state index contributed by atoms with van der Waals surface area (Å²) in [6, 6.07) is 12.8. The van der Waals surface area contributed by atoms with Crippen molar-refractivity contribution in [1.29, 1.82) is 0 Å². The largest absolute Gasteiger partial charge is 0.314 e. The first-order valence-corrected chi connectivity index (χ1v) is 7.72. The van der Waals surface area contributed by atoms with Gasteiger partial charge in [0, 0.05) is 49.1 Å². The predicted molar refractivity (Wildman–Crippen MR) is 86.4 cm³/mol. The molecule has 1 aliphatic heterocycles. The number of nitrogens with zero attached hydrogens (tertiary/aromatic N) is 2. The third kappa shape index (κ3) is 3.62. The lowest BCUT2D eigenvalue weighted by atomic mass is 10.0.